The lowest BCUT2D eigenvalue weighted by atomic mass is 10.1. The van der Waals surface area contributed by atoms with Crippen molar-refractivity contribution in [1.29, 1.82) is 0 Å². The molecule has 0 saturated carbocycles. The molecule has 0 bridgehead atoms. The van der Waals surface area contributed by atoms with Crippen LogP contribution in [-0.2, 0) is 21.4 Å². The first kappa shape index (κ1) is 21.1. The number of rotatable bonds is 8. The Bertz CT molecular complexity index is 868. The maximum Gasteiger partial charge on any atom is 0.244 e. The van der Waals surface area contributed by atoms with Gasteiger partial charge in [0.15, 0.2) is 0 Å². The Labute approximate surface area is 165 Å². The maximum atomic E-state index is 12.7. The quantitative estimate of drug-likeness (QED) is 0.725. The van der Waals surface area contributed by atoms with Crippen molar-refractivity contribution in [2.75, 3.05) is 17.7 Å². The third-order valence-electron chi connectivity index (χ3n) is 4.04. The molecule has 0 spiro atoms. The zero-order valence-electron chi connectivity index (χ0n) is 15.5. The first-order valence-corrected chi connectivity index (χ1v) is 10.6. The lowest BCUT2D eigenvalue weighted by molar-refractivity contribution is -0.122. The molecule has 1 atom stereocenters. The van der Waals surface area contributed by atoms with Gasteiger partial charge >= 0.3 is 0 Å². The molecule has 0 aliphatic heterocycles. The Kier molecular flexibility index (Phi) is 7.10. The summed E-state index contributed by atoms with van der Waals surface area (Å²) in [6.07, 6.45) is 1.41. The Morgan fingerprint density at radius 1 is 1.15 bits per heavy atom. The predicted octanol–water partition coefficient (Wildman–Crippen LogP) is 3.21. The molecule has 0 radical (unpaired) electrons. The van der Waals surface area contributed by atoms with Gasteiger partial charge in [-0.2, -0.15) is 0 Å². The topological polar surface area (TPSA) is 75.7 Å². The number of carbonyl (C=O) groups excluding carboxylic acids is 1. The van der Waals surface area contributed by atoms with Crippen LogP contribution in [0.5, 0.6) is 5.75 Å². The Hall–Kier alpha value is -2.25. The van der Waals surface area contributed by atoms with Crippen LogP contribution < -0.4 is 14.4 Å². The molecule has 0 aliphatic carbocycles. The number of nitrogens with zero attached hydrogens (tertiary/aromatic N) is 1. The van der Waals surface area contributed by atoms with E-state index in [9.17, 15) is 13.2 Å². The van der Waals surface area contributed by atoms with Gasteiger partial charge in [0, 0.05) is 11.6 Å². The summed E-state index contributed by atoms with van der Waals surface area (Å²) in [6.45, 7) is 2.06. The minimum atomic E-state index is -3.67. The molecule has 146 valence electrons. The highest BCUT2D eigenvalue weighted by Crippen LogP contribution is 2.25. The number of hydrogen-bond donors (Lipinski definition) is 1. The van der Waals surface area contributed by atoms with Crippen molar-refractivity contribution in [3.63, 3.8) is 0 Å². The van der Waals surface area contributed by atoms with Crippen molar-refractivity contribution < 1.29 is 17.9 Å². The molecule has 8 heteroatoms. The van der Waals surface area contributed by atoms with Crippen LogP contribution >= 0.6 is 11.6 Å². The molecule has 27 heavy (non-hydrogen) atoms. The van der Waals surface area contributed by atoms with Crippen LogP contribution in [0.25, 0.3) is 0 Å². The number of nitrogens with one attached hydrogen (secondary N) is 1. The minimum absolute atomic E-state index is 0.284. The van der Waals surface area contributed by atoms with Gasteiger partial charge in [-0.05, 0) is 48.4 Å². The number of hydrogen-bond acceptors (Lipinski definition) is 4. The smallest absolute Gasteiger partial charge is 0.244 e. The van der Waals surface area contributed by atoms with Gasteiger partial charge in [-0.25, -0.2) is 8.42 Å². The molecular weight excluding hydrogens is 388 g/mol. The van der Waals surface area contributed by atoms with Gasteiger partial charge in [0.2, 0.25) is 15.9 Å². The minimum Gasteiger partial charge on any atom is -0.497 e. The third-order valence-corrected chi connectivity index (χ3v) is 5.47. The maximum absolute atomic E-state index is 12.7. The highest BCUT2D eigenvalue weighted by atomic mass is 35.5. The fraction of sp³-hybridized carbons (Fsp3) is 0.316. The summed E-state index contributed by atoms with van der Waals surface area (Å²) >= 11 is 5.86. The van der Waals surface area contributed by atoms with Crippen LogP contribution in [0.1, 0.15) is 18.9 Å². The monoisotopic (exact) mass is 410 g/mol. The van der Waals surface area contributed by atoms with Crippen molar-refractivity contribution in [2.45, 2.75) is 25.9 Å². The van der Waals surface area contributed by atoms with E-state index in [4.69, 9.17) is 16.3 Å². The van der Waals surface area contributed by atoms with Crippen molar-refractivity contribution in [2.24, 2.45) is 0 Å². The van der Waals surface area contributed by atoms with Crippen molar-refractivity contribution in [1.82, 2.24) is 5.32 Å². The Morgan fingerprint density at radius 2 is 1.74 bits per heavy atom. The second kappa shape index (κ2) is 9.10. The number of anilines is 1. The summed E-state index contributed by atoms with van der Waals surface area (Å²) in [5, 5.41) is 3.41. The van der Waals surface area contributed by atoms with E-state index in [0.717, 1.165) is 16.1 Å². The summed E-state index contributed by atoms with van der Waals surface area (Å²) in [6, 6.07) is 12.8. The molecule has 2 rings (SSSR count). The van der Waals surface area contributed by atoms with Gasteiger partial charge in [0.05, 0.1) is 19.1 Å². The van der Waals surface area contributed by atoms with E-state index in [1.54, 1.807) is 55.5 Å². The molecule has 0 aromatic heterocycles. The highest BCUT2D eigenvalue weighted by molar-refractivity contribution is 7.92. The van der Waals surface area contributed by atoms with E-state index in [2.05, 4.69) is 5.32 Å². The number of amides is 1. The van der Waals surface area contributed by atoms with Crippen molar-refractivity contribution in [3.8, 4) is 5.75 Å². The number of carbonyl (C=O) groups is 1. The van der Waals surface area contributed by atoms with E-state index in [1.807, 2.05) is 0 Å². The van der Waals surface area contributed by atoms with Gasteiger partial charge in [0.25, 0.3) is 0 Å². The molecule has 0 saturated heterocycles. The number of ether oxygens (including phenoxy) is 1. The van der Waals surface area contributed by atoms with Crippen LogP contribution in [0, 0.1) is 0 Å². The average molecular weight is 411 g/mol. The van der Waals surface area contributed by atoms with E-state index >= 15 is 0 Å². The SMILES string of the molecule is CC[C@H](C(=O)NCc1ccc(Cl)cc1)N(c1ccc(OC)cc1)S(C)(=O)=O. The second-order valence-electron chi connectivity index (χ2n) is 6.03. The summed E-state index contributed by atoms with van der Waals surface area (Å²) < 4.78 is 31.1. The van der Waals surface area contributed by atoms with Crippen molar-refractivity contribution in [3.05, 3.63) is 59.1 Å². The fourth-order valence-electron chi connectivity index (χ4n) is 2.70. The standard InChI is InChI=1S/C19H23ClN2O4S/c1-4-18(19(23)21-13-14-5-7-15(20)8-6-14)22(27(3,24)25)16-9-11-17(26-2)12-10-16/h5-12,18H,4,13H2,1-3H3,(H,21,23)/t18-/m1/s1. The molecular formula is C19H23ClN2O4S. The Morgan fingerprint density at radius 3 is 2.22 bits per heavy atom. The largest absolute Gasteiger partial charge is 0.497 e. The Balaban J connectivity index is 2.22. The zero-order chi connectivity index (χ0) is 20.0. The van der Waals surface area contributed by atoms with Crippen molar-refractivity contribution >= 4 is 33.2 Å². The van der Waals surface area contributed by atoms with Crippen LogP contribution in [0.15, 0.2) is 48.5 Å². The molecule has 0 aliphatic rings. The molecule has 6 nitrogen and oxygen atoms in total. The lowest BCUT2D eigenvalue weighted by Crippen LogP contribution is -2.49. The number of methoxy groups -OCH3 is 1. The molecule has 0 fully saturated rings. The van der Waals surface area contributed by atoms with Crippen LogP contribution in [-0.4, -0.2) is 33.7 Å². The summed E-state index contributed by atoms with van der Waals surface area (Å²) in [5.74, 6) is 0.237. The summed E-state index contributed by atoms with van der Waals surface area (Å²) in [4.78, 5) is 12.7. The third kappa shape index (κ3) is 5.61. The average Bonchev–Trinajstić information content (AvgIpc) is 2.64. The summed E-state index contributed by atoms with van der Waals surface area (Å²) in [5.41, 5.74) is 1.28. The zero-order valence-corrected chi connectivity index (χ0v) is 17.0. The van der Waals surface area contributed by atoms with E-state index < -0.39 is 16.1 Å². The molecule has 2 aromatic carbocycles. The first-order chi connectivity index (χ1) is 12.8. The molecule has 1 N–H and O–H groups in total. The van der Waals surface area contributed by atoms with Gasteiger partial charge in [-0.3, -0.25) is 9.10 Å². The van der Waals surface area contributed by atoms with Crippen LogP contribution in [0.2, 0.25) is 5.02 Å². The van der Waals surface area contributed by atoms with Gasteiger partial charge in [-0.1, -0.05) is 30.7 Å². The fourth-order valence-corrected chi connectivity index (χ4v) is 4.04. The molecule has 2 aromatic rings. The van der Waals surface area contributed by atoms with E-state index in [-0.39, 0.29) is 12.5 Å². The number of halogens is 1. The first-order valence-electron chi connectivity index (χ1n) is 8.42. The van der Waals surface area contributed by atoms with E-state index in [1.165, 1.54) is 7.11 Å². The molecule has 0 unspecified atom stereocenters. The predicted molar refractivity (Wildman–Crippen MR) is 108 cm³/mol. The normalized spacial score (nSPS) is 12.3. The second-order valence-corrected chi connectivity index (χ2v) is 8.32. The van der Waals surface area contributed by atoms with Gasteiger partial charge in [-0.15, -0.1) is 0 Å². The highest BCUT2D eigenvalue weighted by Gasteiger charge is 2.31. The molecule has 0 heterocycles. The van der Waals surface area contributed by atoms with Gasteiger partial charge in [0.1, 0.15) is 11.8 Å². The van der Waals surface area contributed by atoms with Crippen LogP contribution in [0.4, 0.5) is 5.69 Å². The summed E-state index contributed by atoms with van der Waals surface area (Å²) in [7, 11) is -2.14. The molecule has 1 amide bonds. The van der Waals surface area contributed by atoms with Gasteiger partial charge < -0.3 is 10.1 Å². The lowest BCUT2D eigenvalue weighted by Gasteiger charge is -2.30. The number of benzene rings is 2. The number of sulfonamides is 1. The van der Waals surface area contributed by atoms with E-state index in [0.29, 0.717) is 22.9 Å². The van der Waals surface area contributed by atoms with Crippen LogP contribution in [0.3, 0.4) is 0 Å².